The molecule has 0 radical (unpaired) electrons. The van der Waals surface area contributed by atoms with Gasteiger partial charge in [0.2, 0.25) is 0 Å². The van der Waals surface area contributed by atoms with Gasteiger partial charge in [0, 0.05) is 18.2 Å². The minimum Gasteiger partial charge on any atom is -0.491 e. The number of fused-ring (bicyclic) bond motifs is 3. The second-order valence-electron chi connectivity index (χ2n) is 6.54. The fourth-order valence-electron chi connectivity index (χ4n) is 3.01. The van der Waals surface area contributed by atoms with Crippen molar-refractivity contribution in [2.45, 2.75) is 38.6 Å². The van der Waals surface area contributed by atoms with Gasteiger partial charge >= 0.3 is 0 Å². The molecule has 1 aliphatic heterocycles. The Hall–Kier alpha value is -2.90. The molecule has 2 heterocycles. The van der Waals surface area contributed by atoms with Crippen molar-refractivity contribution in [2.24, 2.45) is 0 Å². The number of hydrogen-bond donors (Lipinski definition) is 2. The monoisotopic (exact) mass is 355 g/mol. The highest BCUT2D eigenvalue weighted by atomic mass is 16.5. The second kappa shape index (κ2) is 6.78. The summed E-state index contributed by atoms with van der Waals surface area (Å²) in [6.07, 6.45) is 3.43. The van der Waals surface area contributed by atoms with E-state index in [1.54, 1.807) is 22.9 Å². The Kier molecular flexibility index (Phi) is 4.32. The van der Waals surface area contributed by atoms with Gasteiger partial charge in [-0.15, -0.1) is 5.10 Å². The Morgan fingerprint density at radius 3 is 2.92 bits per heavy atom. The van der Waals surface area contributed by atoms with Gasteiger partial charge in [0.1, 0.15) is 11.4 Å². The van der Waals surface area contributed by atoms with Crippen LogP contribution in [0.4, 0.5) is 0 Å². The SMILES string of the molecule is CCNC(=O)c1ccc2c(c1)OCCCc1c(C(=O)NC3CC3)nnn1-2. The van der Waals surface area contributed by atoms with E-state index in [1.807, 2.05) is 6.92 Å². The first-order valence-corrected chi connectivity index (χ1v) is 8.98. The molecular formula is C18H21N5O3. The number of ether oxygens (including phenoxy) is 1. The fourth-order valence-corrected chi connectivity index (χ4v) is 3.01. The van der Waals surface area contributed by atoms with Crippen LogP contribution in [-0.4, -0.2) is 46.0 Å². The van der Waals surface area contributed by atoms with E-state index < -0.39 is 0 Å². The number of nitrogens with one attached hydrogen (secondary N) is 2. The lowest BCUT2D eigenvalue weighted by atomic mass is 10.1. The molecule has 0 atom stereocenters. The van der Waals surface area contributed by atoms with Gasteiger partial charge in [-0.25, -0.2) is 4.68 Å². The lowest BCUT2D eigenvalue weighted by Crippen LogP contribution is -2.27. The molecule has 0 spiro atoms. The molecule has 8 heteroatoms. The number of nitrogens with zero attached hydrogens (tertiary/aromatic N) is 3. The summed E-state index contributed by atoms with van der Waals surface area (Å²) in [4.78, 5) is 24.5. The topological polar surface area (TPSA) is 98.1 Å². The molecule has 136 valence electrons. The Balaban J connectivity index is 1.71. The zero-order chi connectivity index (χ0) is 18.1. The van der Waals surface area contributed by atoms with E-state index in [9.17, 15) is 9.59 Å². The van der Waals surface area contributed by atoms with Crippen LogP contribution >= 0.6 is 0 Å². The number of benzene rings is 1. The zero-order valence-corrected chi connectivity index (χ0v) is 14.6. The van der Waals surface area contributed by atoms with Crippen molar-refractivity contribution in [1.29, 1.82) is 0 Å². The van der Waals surface area contributed by atoms with Crippen molar-refractivity contribution < 1.29 is 14.3 Å². The minimum absolute atomic E-state index is 0.149. The predicted molar refractivity (Wildman–Crippen MR) is 93.7 cm³/mol. The van der Waals surface area contributed by atoms with Crippen LogP contribution < -0.4 is 15.4 Å². The largest absolute Gasteiger partial charge is 0.491 e. The molecular weight excluding hydrogens is 334 g/mol. The molecule has 1 aromatic carbocycles. The van der Waals surface area contributed by atoms with E-state index in [1.165, 1.54) is 0 Å². The third-order valence-corrected chi connectivity index (χ3v) is 4.49. The van der Waals surface area contributed by atoms with Gasteiger partial charge in [-0.1, -0.05) is 5.21 Å². The smallest absolute Gasteiger partial charge is 0.273 e. The Labute approximate surface area is 150 Å². The second-order valence-corrected chi connectivity index (χ2v) is 6.54. The molecule has 1 saturated carbocycles. The van der Waals surface area contributed by atoms with E-state index >= 15 is 0 Å². The highest BCUT2D eigenvalue weighted by molar-refractivity contribution is 5.95. The lowest BCUT2D eigenvalue weighted by Gasteiger charge is -2.17. The molecule has 2 amide bonds. The molecule has 0 unspecified atom stereocenters. The maximum atomic E-state index is 12.4. The Bertz CT molecular complexity index is 857. The van der Waals surface area contributed by atoms with Gasteiger partial charge < -0.3 is 15.4 Å². The number of rotatable bonds is 4. The molecule has 4 rings (SSSR count). The Morgan fingerprint density at radius 2 is 2.15 bits per heavy atom. The van der Waals surface area contributed by atoms with E-state index in [2.05, 4.69) is 20.9 Å². The van der Waals surface area contributed by atoms with Gasteiger partial charge in [0.25, 0.3) is 11.8 Å². The van der Waals surface area contributed by atoms with Gasteiger partial charge in [0.15, 0.2) is 5.69 Å². The van der Waals surface area contributed by atoms with Crippen molar-refractivity contribution in [3.05, 3.63) is 35.2 Å². The molecule has 1 fully saturated rings. The van der Waals surface area contributed by atoms with Gasteiger partial charge in [-0.3, -0.25) is 9.59 Å². The maximum absolute atomic E-state index is 12.4. The molecule has 0 saturated heterocycles. The summed E-state index contributed by atoms with van der Waals surface area (Å²) in [5.41, 5.74) is 2.36. The minimum atomic E-state index is -0.171. The Morgan fingerprint density at radius 1 is 1.31 bits per heavy atom. The fraction of sp³-hybridized carbons (Fsp3) is 0.444. The first-order chi connectivity index (χ1) is 12.7. The molecule has 2 aliphatic rings. The molecule has 2 N–H and O–H groups in total. The molecule has 1 aromatic heterocycles. The molecule has 1 aliphatic carbocycles. The quantitative estimate of drug-likeness (QED) is 0.860. The summed E-state index contributed by atoms with van der Waals surface area (Å²) in [5.74, 6) is 0.244. The molecule has 2 aromatic rings. The van der Waals surface area contributed by atoms with E-state index in [4.69, 9.17) is 4.74 Å². The summed E-state index contributed by atoms with van der Waals surface area (Å²) in [5, 5.41) is 14.0. The molecule has 0 bridgehead atoms. The average Bonchev–Trinajstić information content (AvgIpc) is 3.34. The maximum Gasteiger partial charge on any atom is 0.273 e. The number of carbonyl (C=O) groups excluding carboxylic acids is 2. The summed E-state index contributed by atoms with van der Waals surface area (Å²) in [6.45, 7) is 2.93. The zero-order valence-electron chi connectivity index (χ0n) is 14.6. The van der Waals surface area contributed by atoms with Crippen molar-refractivity contribution in [3.63, 3.8) is 0 Å². The summed E-state index contributed by atoms with van der Waals surface area (Å²) < 4.78 is 7.48. The summed E-state index contributed by atoms with van der Waals surface area (Å²) in [6, 6.07) is 5.49. The number of amides is 2. The van der Waals surface area contributed by atoms with Crippen molar-refractivity contribution in [2.75, 3.05) is 13.2 Å². The van der Waals surface area contributed by atoms with Crippen LogP contribution in [0.5, 0.6) is 5.75 Å². The number of hydrogen-bond acceptors (Lipinski definition) is 5. The van der Waals surface area contributed by atoms with Crippen molar-refractivity contribution in [1.82, 2.24) is 25.6 Å². The van der Waals surface area contributed by atoms with Gasteiger partial charge in [-0.05, 0) is 50.8 Å². The van der Waals surface area contributed by atoms with Crippen LogP contribution in [-0.2, 0) is 6.42 Å². The number of aromatic nitrogens is 3. The van der Waals surface area contributed by atoms with Crippen LogP contribution in [0.1, 0.15) is 52.7 Å². The lowest BCUT2D eigenvalue weighted by molar-refractivity contribution is 0.0940. The normalized spacial score (nSPS) is 15.7. The third kappa shape index (κ3) is 3.14. The average molecular weight is 355 g/mol. The summed E-state index contributed by atoms with van der Waals surface area (Å²) >= 11 is 0. The number of carbonyl (C=O) groups is 2. The van der Waals surface area contributed by atoms with Crippen LogP contribution in [0.25, 0.3) is 5.69 Å². The molecule has 8 nitrogen and oxygen atoms in total. The predicted octanol–water partition coefficient (Wildman–Crippen LogP) is 1.23. The van der Waals surface area contributed by atoms with E-state index in [0.717, 1.165) is 25.0 Å². The summed E-state index contributed by atoms with van der Waals surface area (Å²) in [7, 11) is 0. The van der Waals surface area contributed by atoms with Crippen LogP contribution in [0.2, 0.25) is 0 Å². The van der Waals surface area contributed by atoms with Crippen LogP contribution in [0.15, 0.2) is 18.2 Å². The van der Waals surface area contributed by atoms with Gasteiger partial charge in [-0.2, -0.15) is 0 Å². The first-order valence-electron chi connectivity index (χ1n) is 8.98. The third-order valence-electron chi connectivity index (χ3n) is 4.49. The highest BCUT2D eigenvalue weighted by Gasteiger charge is 2.28. The van der Waals surface area contributed by atoms with Crippen molar-refractivity contribution in [3.8, 4) is 11.4 Å². The molecule has 26 heavy (non-hydrogen) atoms. The van der Waals surface area contributed by atoms with E-state index in [0.29, 0.717) is 42.3 Å². The highest BCUT2D eigenvalue weighted by Crippen LogP contribution is 2.29. The van der Waals surface area contributed by atoms with Crippen LogP contribution in [0.3, 0.4) is 0 Å². The first kappa shape index (κ1) is 16.6. The van der Waals surface area contributed by atoms with E-state index in [-0.39, 0.29) is 17.9 Å². The van der Waals surface area contributed by atoms with Gasteiger partial charge in [0.05, 0.1) is 12.3 Å². The standard InChI is InChI=1S/C18H21N5O3/c1-2-19-17(24)11-5-8-13-15(10-11)26-9-3-4-14-16(21-22-23(13)14)18(25)20-12-6-7-12/h5,8,10,12H,2-4,6-7,9H2,1H3,(H,19,24)(H,20,25). The van der Waals surface area contributed by atoms with Crippen LogP contribution in [0, 0.1) is 0 Å². The van der Waals surface area contributed by atoms with Crippen molar-refractivity contribution >= 4 is 11.8 Å².